The molecule has 1 heterocycles. The molecule has 0 aromatic carbocycles. The normalized spacial score (nSPS) is 34.2. The average Bonchev–Trinajstić information content (AvgIpc) is 2.14. The van der Waals surface area contributed by atoms with Crippen molar-refractivity contribution in [1.82, 2.24) is 0 Å². The molecule has 8 heavy (non-hydrogen) atoms. The van der Waals surface area contributed by atoms with Gasteiger partial charge in [0.15, 0.2) is 0 Å². The summed E-state index contributed by atoms with van der Waals surface area (Å²) in [5, 5.41) is 0.806. The summed E-state index contributed by atoms with van der Waals surface area (Å²) in [7, 11) is 0. The predicted molar refractivity (Wildman–Crippen MR) is 40.3 cm³/mol. The first-order valence-corrected chi connectivity index (χ1v) is 4.16. The molecule has 46 valence electrons. The van der Waals surface area contributed by atoms with Crippen LogP contribution in [0.1, 0.15) is 20.3 Å². The van der Waals surface area contributed by atoms with Crippen molar-refractivity contribution in [3.8, 4) is 0 Å². The lowest BCUT2D eigenvalue weighted by atomic mass is 10.1. The van der Waals surface area contributed by atoms with Crippen molar-refractivity contribution in [3.63, 3.8) is 0 Å². The van der Waals surface area contributed by atoms with E-state index in [2.05, 4.69) is 31.7 Å². The summed E-state index contributed by atoms with van der Waals surface area (Å²) >= 11 is 2.06. The zero-order valence-corrected chi connectivity index (χ0v) is 6.29. The Labute approximate surface area is 55.4 Å². The second-order valence-electron chi connectivity index (χ2n) is 2.13. The van der Waals surface area contributed by atoms with E-state index in [1.807, 2.05) is 0 Å². The maximum atomic E-state index is 2.28. The molecule has 1 saturated heterocycles. The van der Waals surface area contributed by atoms with Crippen LogP contribution in [0.2, 0.25) is 0 Å². The molecule has 1 aliphatic heterocycles. The van der Waals surface area contributed by atoms with E-state index in [9.17, 15) is 0 Å². The molecule has 1 fully saturated rings. The van der Waals surface area contributed by atoms with Gasteiger partial charge in [0.25, 0.3) is 0 Å². The zero-order chi connectivity index (χ0) is 5.98. The maximum Gasteiger partial charge on any atom is 0.0228 e. The van der Waals surface area contributed by atoms with Gasteiger partial charge in [-0.3, -0.25) is 0 Å². The van der Waals surface area contributed by atoms with Gasteiger partial charge < -0.3 is 0 Å². The summed E-state index contributed by atoms with van der Waals surface area (Å²) in [5.41, 5.74) is 1.63. The molecular weight excluding hydrogens is 116 g/mol. The largest absolute Gasteiger partial charge is 0.154 e. The number of allylic oxidation sites excluding steroid dienone is 1. The fourth-order valence-electron chi connectivity index (χ4n) is 1.04. The van der Waals surface area contributed by atoms with Gasteiger partial charge in [0.2, 0.25) is 0 Å². The third-order valence-electron chi connectivity index (χ3n) is 1.65. The van der Waals surface area contributed by atoms with Crippen LogP contribution in [0, 0.1) is 0 Å². The molecule has 0 aromatic rings. The molecule has 0 nitrogen and oxygen atoms in total. The quantitative estimate of drug-likeness (QED) is 0.452. The average molecular weight is 128 g/mol. The predicted octanol–water partition coefficient (Wildman–Crippen LogP) is 2.46. The van der Waals surface area contributed by atoms with Crippen LogP contribution in [-0.2, 0) is 0 Å². The molecule has 1 heteroatoms. The zero-order valence-electron chi connectivity index (χ0n) is 5.48. The summed E-state index contributed by atoms with van der Waals surface area (Å²) in [4.78, 5) is 0. The second-order valence-corrected chi connectivity index (χ2v) is 3.58. The van der Waals surface area contributed by atoms with E-state index in [1.165, 1.54) is 12.2 Å². The van der Waals surface area contributed by atoms with Crippen molar-refractivity contribution in [1.29, 1.82) is 0 Å². The van der Waals surface area contributed by atoms with Crippen molar-refractivity contribution >= 4 is 11.8 Å². The molecule has 1 atom stereocenters. The van der Waals surface area contributed by atoms with Crippen LogP contribution in [0.3, 0.4) is 0 Å². The number of thioether (sulfide) groups is 1. The molecule has 1 rings (SSSR count). The van der Waals surface area contributed by atoms with E-state index < -0.39 is 0 Å². The van der Waals surface area contributed by atoms with Crippen LogP contribution < -0.4 is 0 Å². The molecule has 1 unspecified atom stereocenters. The molecule has 0 aromatic heterocycles. The smallest absolute Gasteiger partial charge is 0.0228 e. The number of hydrogen-bond acceptors (Lipinski definition) is 1. The van der Waals surface area contributed by atoms with Crippen LogP contribution in [0.25, 0.3) is 0 Å². The minimum absolute atomic E-state index is 0.806. The fourth-order valence-corrected chi connectivity index (χ4v) is 2.22. The summed E-state index contributed by atoms with van der Waals surface area (Å²) in [5.74, 6) is 1.33. The SMILES string of the molecule is CC=C1CCSC1C. The highest BCUT2D eigenvalue weighted by Gasteiger charge is 2.14. The van der Waals surface area contributed by atoms with Crippen LogP contribution in [-0.4, -0.2) is 11.0 Å². The first kappa shape index (κ1) is 6.21. The second kappa shape index (κ2) is 2.58. The van der Waals surface area contributed by atoms with Gasteiger partial charge >= 0.3 is 0 Å². The molecule has 0 radical (unpaired) electrons. The third-order valence-corrected chi connectivity index (χ3v) is 2.89. The van der Waals surface area contributed by atoms with Gasteiger partial charge in [-0.15, -0.1) is 0 Å². The standard InChI is InChI=1S/C7H12S/c1-3-7-4-5-8-6(7)2/h3,6H,4-5H2,1-2H3. The lowest BCUT2D eigenvalue weighted by Crippen LogP contribution is -1.89. The molecule has 0 saturated carbocycles. The van der Waals surface area contributed by atoms with E-state index in [-0.39, 0.29) is 0 Å². The van der Waals surface area contributed by atoms with E-state index in [0.29, 0.717) is 0 Å². The van der Waals surface area contributed by atoms with Crippen molar-refractivity contribution < 1.29 is 0 Å². The Balaban J connectivity index is 2.55. The fraction of sp³-hybridized carbons (Fsp3) is 0.714. The minimum atomic E-state index is 0.806. The summed E-state index contributed by atoms with van der Waals surface area (Å²) in [6, 6.07) is 0. The Bertz CT molecular complexity index is 105. The minimum Gasteiger partial charge on any atom is -0.154 e. The first-order valence-electron chi connectivity index (χ1n) is 3.11. The molecule has 0 spiro atoms. The molecule has 1 aliphatic rings. The van der Waals surface area contributed by atoms with Gasteiger partial charge in [-0.05, 0) is 26.0 Å². The summed E-state index contributed by atoms with van der Waals surface area (Å²) in [6.45, 7) is 4.42. The van der Waals surface area contributed by atoms with Crippen molar-refractivity contribution in [2.24, 2.45) is 0 Å². The molecule has 0 amide bonds. The Hall–Kier alpha value is 0.0900. The molecule has 0 N–H and O–H groups in total. The number of hydrogen-bond donors (Lipinski definition) is 0. The van der Waals surface area contributed by atoms with E-state index in [0.717, 1.165) is 5.25 Å². The maximum absolute atomic E-state index is 2.28. The lowest BCUT2D eigenvalue weighted by Gasteiger charge is -1.99. The topological polar surface area (TPSA) is 0 Å². The van der Waals surface area contributed by atoms with Crippen molar-refractivity contribution in [2.45, 2.75) is 25.5 Å². The van der Waals surface area contributed by atoms with E-state index in [4.69, 9.17) is 0 Å². The Morgan fingerprint density at radius 3 is 2.75 bits per heavy atom. The molecule has 0 bridgehead atoms. The highest BCUT2D eigenvalue weighted by Crippen LogP contribution is 2.30. The van der Waals surface area contributed by atoms with Gasteiger partial charge in [0.05, 0.1) is 0 Å². The van der Waals surface area contributed by atoms with Crippen LogP contribution in [0.15, 0.2) is 11.6 Å². The highest BCUT2D eigenvalue weighted by atomic mass is 32.2. The van der Waals surface area contributed by atoms with E-state index in [1.54, 1.807) is 5.57 Å². The molecule has 0 aliphatic carbocycles. The van der Waals surface area contributed by atoms with Gasteiger partial charge in [0.1, 0.15) is 0 Å². The van der Waals surface area contributed by atoms with Gasteiger partial charge in [-0.2, -0.15) is 11.8 Å². The highest BCUT2D eigenvalue weighted by molar-refractivity contribution is 8.00. The van der Waals surface area contributed by atoms with Crippen molar-refractivity contribution in [2.75, 3.05) is 5.75 Å². The van der Waals surface area contributed by atoms with Gasteiger partial charge in [-0.1, -0.05) is 11.6 Å². The monoisotopic (exact) mass is 128 g/mol. The summed E-state index contributed by atoms with van der Waals surface area (Å²) < 4.78 is 0. The Morgan fingerprint density at radius 2 is 2.50 bits per heavy atom. The Kier molecular flexibility index (Phi) is 2.01. The third kappa shape index (κ3) is 1.08. The lowest BCUT2D eigenvalue weighted by molar-refractivity contribution is 1.05. The summed E-state index contributed by atoms with van der Waals surface area (Å²) in [6.07, 6.45) is 3.58. The first-order chi connectivity index (χ1) is 3.84. The van der Waals surface area contributed by atoms with Gasteiger partial charge in [0, 0.05) is 5.25 Å². The van der Waals surface area contributed by atoms with Crippen molar-refractivity contribution in [3.05, 3.63) is 11.6 Å². The van der Waals surface area contributed by atoms with Crippen LogP contribution in [0.4, 0.5) is 0 Å². The van der Waals surface area contributed by atoms with Crippen LogP contribution >= 0.6 is 11.8 Å². The van der Waals surface area contributed by atoms with Crippen LogP contribution in [0.5, 0.6) is 0 Å². The Morgan fingerprint density at radius 1 is 1.75 bits per heavy atom. The van der Waals surface area contributed by atoms with Gasteiger partial charge in [-0.25, -0.2) is 0 Å². The van der Waals surface area contributed by atoms with E-state index >= 15 is 0 Å². The molecular formula is C7H12S. The number of rotatable bonds is 0.